The Morgan fingerprint density at radius 1 is 1.09 bits per heavy atom. The van der Waals surface area contributed by atoms with Gasteiger partial charge in [-0.15, -0.1) is 0 Å². The van der Waals surface area contributed by atoms with Crippen molar-refractivity contribution in [1.29, 1.82) is 0 Å². The van der Waals surface area contributed by atoms with Crippen molar-refractivity contribution in [2.45, 2.75) is 19.3 Å². The van der Waals surface area contributed by atoms with Gasteiger partial charge in [-0.25, -0.2) is 0 Å². The fourth-order valence-corrected chi connectivity index (χ4v) is 2.85. The number of hydrogen-bond donors (Lipinski definition) is 1. The molecule has 120 valence electrons. The molecule has 0 saturated heterocycles. The fourth-order valence-electron chi connectivity index (χ4n) is 2.85. The second-order valence-electron chi connectivity index (χ2n) is 5.80. The number of aryl methyl sites for hydroxylation is 1. The molecule has 0 heterocycles. The van der Waals surface area contributed by atoms with Crippen LogP contribution in [0.25, 0.3) is 5.76 Å². The standard InChI is InChI=1S/C21H25NO/c1-15-7-5-9-19(13-15)21(16(2)11-12-22)20-10-6-8-18(14-20)17(3)23-4/h5-10,13-14,21H,2-3,11-12,22H2,1,4H3. The van der Waals surface area contributed by atoms with E-state index >= 15 is 0 Å². The minimum absolute atomic E-state index is 0.128. The van der Waals surface area contributed by atoms with E-state index in [1.807, 2.05) is 12.1 Å². The zero-order chi connectivity index (χ0) is 16.8. The van der Waals surface area contributed by atoms with Gasteiger partial charge in [0.25, 0.3) is 0 Å². The summed E-state index contributed by atoms with van der Waals surface area (Å²) >= 11 is 0. The van der Waals surface area contributed by atoms with Gasteiger partial charge in [-0.1, -0.05) is 66.8 Å². The maximum atomic E-state index is 5.76. The predicted molar refractivity (Wildman–Crippen MR) is 98.3 cm³/mol. The quantitative estimate of drug-likeness (QED) is 0.597. The molecule has 0 spiro atoms. The first-order valence-electron chi connectivity index (χ1n) is 7.84. The van der Waals surface area contributed by atoms with Crippen LogP contribution in [-0.4, -0.2) is 13.7 Å². The highest BCUT2D eigenvalue weighted by molar-refractivity contribution is 5.59. The molecule has 0 fully saturated rings. The van der Waals surface area contributed by atoms with Gasteiger partial charge in [0.15, 0.2) is 0 Å². The molecule has 2 aromatic rings. The van der Waals surface area contributed by atoms with Crippen LogP contribution >= 0.6 is 0 Å². The molecule has 0 saturated carbocycles. The van der Waals surface area contributed by atoms with Crippen LogP contribution in [0.3, 0.4) is 0 Å². The summed E-state index contributed by atoms with van der Waals surface area (Å²) in [7, 11) is 1.64. The lowest BCUT2D eigenvalue weighted by Crippen LogP contribution is -2.09. The summed E-state index contributed by atoms with van der Waals surface area (Å²) in [6.45, 7) is 10.9. The van der Waals surface area contributed by atoms with E-state index in [2.05, 4.69) is 56.5 Å². The van der Waals surface area contributed by atoms with Gasteiger partial charge < -0.3 is 10.5 Å². The SMILES string of the molecule is C=C(OC)c1cccc(C(C(=C)CCN)c2cccc(C)c2)c1. The number of hydrogen-bond acceptors (Lipinski definition) is 2. The molecule has 2 N–H and O–H groups in total. The van der Waals surface area contributed by atoms with E-state index in [0.717, 1.165) is 17.6 Å². The zero-order valence-corrected chi connectivity index (χ0v) is 14.0. The summed E-state index contributed by atoms with van der Waals surface area (Å²) in [5, 5.41) is 0. The summed E-state index contributed by atoms with van der Waals surface area (Å²) in [6, 6.07) is 16.9. The van der Waals surface area contributed by atoms with Crippen molar-refractivity contribution in [2.75, 3.05) is 13.7 Å². The first kappa shape index (κ1) is 17.0. The predicted octanol–water partition coefficient (Wildman–Crippen LogP) is 4.65. The molecule has 1 unspecified atom stereocenters. The normalized spacial score (nSPS) is 11.8. The molecule has 2 nitrogen and oxygen atoms in total. The molecular weight excluding hydrogens is 282 g/mol. The van der Waals surface area contributed by atoms with E-state index in [9.17, 15) is 0 Å². The monoisotopic (exact) mass is 307 g/mol. The van der Waals surface area contributed by atoms with Gasteiger partial charge in [-0.2, -0.15) is 0 Å². The van der Waals surface area contributed by atoms with E-state index in [0.29, 0.717) is 12.3 Å². The average Bonchev–Trinajstić information content (AvgIpc) is 2.55. The maximum absolute atomic E-state index is 5.76. The summed E-state index contributed by atoms with van der Waals surface area (Å²) < 4.78 is 5.27. The smallest absolute Gasteiger partial charge is 0.118 e. The Hall–Kier alpha value is -2.32. The Morgan fingerprint density at radius 2 is 1.74 bits per heavy atom. The Labute approximate surface area is 139 Å². The van der Waals surface area contributed by atoms with E-state index in [1.165, 1.54) is 16.7 Å². The topological polar surface area (TPSA) is 35.2 Å². The second kappa shape index (κ2) is 7.80. The number of benzene rings is 2. The lowest BCUT2D eigenvalue weighted by Gasteiger charge is -2.22. The van der Waals surface area contributed by atoms with Gasteiger partial charge in [0.1, 0.15) is 5.76 Å². The molecule has 1 atom stereocenters. The molecule has 2 heteroatoms. The van der Waals surface area contributed by atoms with Crippen LogP contribution in [-0.2, 0) is 4.74 Å². The van der Waals surface area contributed by atoms with Crippen LogP contribution in [0.4, 0.5) is 0 Å². The van der Waals surface area contributed by atoms with Crippen LogP contribution in [0, 0.1) is 6.92 Å². The molecule has 0 bridgehead atoms. The second-order valence-corrected chi connectivity index (χ2v) is 5.80. The number of methoxy groups -OCH3 is 1. The highest BCUT2D eigenvalue weighted by Crippen LogP contribution is 2.34. The molecule has 0 aliphatic carbocycles. The lowest BCUT2D eigenvalue weighted by atomic mass is 9.83. The third kappa shape index (κ3) is 4.11. The average molecular weight is 307 g/mol. The van der Waals surface area contributed by atoms with E-state index < -0.39 is 0 Å². The van der Waals surface area contributed by atoms with Crippen molar-refractivity contribution in [3.05, 3.63) is 89.5 Å². The van der Waals surface area contributed by atoms with Crippen molar-refractivity contribution < 1.29 is 4.74 Å². The first-order valence-corrected chi connectivity index (χ1v) is 7.84. The number of ether oxygens (including phenoxy) is 1. The van der Waals surface area contributed by atoms with Crippen LogP contribution < -0.4 is 5.73 Å². The van der Waals surface area contributed by atoms with Gasteiger partial charge in [0, 0.05) is 11.5 Å². The zero-order valence-electron chi connectivity index (χ0n) is 14.0. The van der Waals surface area contributed by atoms with Crippen LogP contribution in [0.1, 0.15) is 34.6 Å². The summed E-state index contributed by atoms with van der Waals surface area (Å²) in [5.41, 5.74) is 11.5. The van der Waals surface area contributed by atoms with Crippen molar-refractivity contribution in [2.24, 2.45) is 5.73 Å². The van der Waals surface area contributed by atoms with Gasteiger partial charge in [-0.3, -0.25) is 0 Å². The van der Waals surface area contributed by atoms with E-state index in [4.69, 9.17) is 10.5 Å². The highest BCUT2D eigenvalue weighted by atomic mass is 16.5. The molecule has 0 amide bonds. The largest absolute Gasteiger partial charge is 0.497 e. The Bertz CT molecular complexity index is 702. The maximum Gasteiger partial charge on any atom is 0.118 e. The highest BCUT2D eigenvalue weighted by Gasteiger charge is 2.18. The summed E-state index contributed by atoms with van der Waals surface area (Å²) in [6.07, 6.45) is 0.800. The third-order valence-corrected chi connectivity index (χ3v) is 4.04. The molecule has 0 aromatic heterocycles. The molecule has 0 aliphatic heterocycles. The Balaban J connectivity index is 2.49. The molecule has 0 radical (unpaired) electrons. The minimum atomic E-state index is 0.128. The number of rotatable bonds is 7. The third-order valence-electron chi connectivity index (χ3n) is 4.04. The van der Waals surface area contributed by atoms with Crippen LogP contribution in [0.15, 0.2) is 67.3 Å². The van der Waals surface area contributed by atoms with Crippen LogP contribution in [0.2, 0.25) is 0 Å². The van der Waals surface area contributed by atoms with Crippen molar-refractivity contribution >= 4 is 5.76 Å². The molecule has 0 aliphatic rings. The Morgan fingerprint density at radius 3 is 2.35 bits per heavy atom. The van der Waals surface area contributed by atoms with Gasteiger partial charge in [0.05, 0.1) is 7.11 Å². The molecular formula is C21H25NO. The first-order chi connectivity index (χ1) is 11.1. The van der Waals surface area contributed by atoms with Crippen molar-refractivity contribution in [3.63, 3.8) is 0 Å². The lowest BCUT2D eigenvalue weighted by molar-refractivity contribution is 0.371. The van der Waals surface area contributed by atoms with Gasteiger partial charge >= 0.3 is 0 Å². The van der Waals surface area contributed by atoms with Gasteiger partial charge in [-0.05, 0) is 37.1 Å². The fraction of sp³-hybridized carbons (Fsp3) is 0.238. The molecule has 2 rings (SSSR count). The minimum Gasteiger partial charge on any atom is -0.497 e. The molecule has 2 aromatic carbocycles. The summed E-state index contributed by atoms with van der Waals surface area (Å²) in [4.78, 5) is 0. The number of nitrogens with two attached hydrogens (primary N) is 1. The van der Waals surface area contributed by atoms with Gasteiger partial charge in [0.2, 0.25) is 0 Å². The molecule has 23 heavy (non-hydrogen) atoms. The van der Waals surface area contributed by atoms with Crippen molar-refractivity contribution in [1.82, 2.24) is 0 Å². The van der Waals surface area contributed by atoms with E-state index in [-0.39, 0.29) is 5.92 Å². The van der Waals surface area contributed by atoms with Crippen molar-refractivity contribution in [3.8, 4) is 0 Å². The Kier molecular flexibility index (Phi) is 5.78. The summed E-state index contributed by atoms with van der Waals surface area (Å²) in [5.74, 6) is 0.794. The van der Waals surface area contributed by atoms with Crippen LogP contribution in [0.5, 0.6) is 0 Å². The van der Waals surface area contributed by atoms with E-state index in [1.54, 1.807) is 7.11 Å².